The summed E-state index contributed by atoms with van der Waals surface area (Å²) < 4.78 is 0. The van der Waals surface area contributed by atoms with Crippen molar-refractivity contribution in [1.82, 2.24) is 5.32 Å². The molecule has 1 aromatic rings. The first-order valence-electron chi connectivity index (χ1n) is 4.76. The van der Waals surface area contributed by atoms with Crippen LogP contribution in [0.4, 0.5) is 0 Å². The molecule has 0 amide bonds. The van der Waals surface area contributed by atoms with Gasteiger partial charge in [0.05, 0.1) is 0 Å². The van der Waals surface area contributed by atoms with E-state index >= 15 is 0 Å². The van der Waals surface area contributed by atoms with Crippen LogP contribution in [0.1, 0.15) is 11.1 Å². The van der Waals surface area contributed by atoms with Gasteiger partial charge in [-0.1, -0.05) is 6.07 Å². The third kappa shape index (κ3) is 2.06. The highest BCUT2D eigenvalue weighted by atomic mass is 32.2. The van der Waals surface area contributed by atoms with Crippen LogP contribution in [0.15, 0.2) is 23.1 Å². The van der Waals surface area contributed by atoms with Gasteiger partial charge >= 0.3 is 0 Å². The van der Waals surface area contributed by atoms with Gasteiger partial charge in [-0.05, 0) is 55.4 Å². The van der Waals surface area contributed by atoms with Crippen molar-refractivity contribution in [3.05, 3.63) is 29.3 Å². The third-order valence-electron chi connectivity index (χ3n) is 2.56. The molecule has 0 bridgehead atoms. The number of hydrogen-bond acceptors (Lipinski definition) is 2. The Balaban J connectivity index is 2.32. The Morgan fingerprint density at radius 1 is 1.15 bits per heavy atom. The fourth-order valence-electron chi connectivity index (χ4n) is 1.78. The lowest BCUT2D eigenvalue weighted by molar-refractivity contribution is 0.711. The molecule has 0 aromatic heterocycles. The minimum atomic E-state index is 1.13. The Hall–Kier alpha value is -0.470. The van der Waals surface area contributed by atoms with Crippen LogP contribution in [0.3, 0.4) is 0 Å². The molecular weight excluding hydrogens is 178 g/mol. The molecule has 0 fully saturated rings. The zero-order chi connectivity index (χ0) is 9.10. The molecule has 2 heteroatoms. The van der Waals surface area contributed by atoms with Crippen molar-refractivity contribution in [2.45, 2.75) is 17.7 Å². The zero-order valence-electron chi connectivity index (χ0n) is 7.97. The second-order valence-corrected chi connectivity index (χ2v) is 4.26. The van der Waals surface area contributed by atoms with E-state index in [4.69, 9.17) is 0 Å². The first-order chi connectivity index (χ1) is 6.40. The van der Waals surface area contributed by atoms with E-state index in [2.05, 4.69) is 29.8 Å². The van der Waals surface area contributed by atoms with Crippen LogP contribution in [0.2, 0.25) is 0 Å². The highest BCUT2D eigenvalue weighted by molar-refractivity contribution is 7.98. The molecular formula is C11H15NS. The average Bonchev–Trinajstić information content (AvgIpc) is 2.41. The van der Waals surface area contributed by atoms with Gasteiger partial charge in [-0.2, -0.15) is 0 Å². The van der Waals surface area contributed by atoms with Gasteiger partial charge in [0.1, 0.15) is 0 Å². The van der Waals surface area contributed by atoms with Gasteiger partial charge < -0.3 is 5.32 Å². The molecule has 2 rings (SSSR count). The van der Waals surface area contributed by atoms with Gasteiger partial charge in [0.25, 0.3) is 0 Å². The van der Waals surface area contributed by atoms with Crippen molar-refractivity contribution < 1.29 is 0 Å². The number of thioether (sulfide) groups is 1. The predicted octanol–water partition coefficient (Wildman–Crippen LogP) is 2.10. The lowest BCUT2D eigenvalue weighted by Crippen LogP contribution is -2.16. The number of benzene rings is 1. The molecule has 0 aliphatic carbocycles. The topological polar surface area (TPSA) is 12.0 Å². The fourth-order valence-corrected chi connectivity index (χ4v) is 2.24. The molecule has 0 saturated carbocycles. The zero-order valence-corrected chi connectivity index (χ0v) is 8.79. The first-order valence-corrected chi connectivity index (χ1v) is 5.99. The molecule has 13 heavy (non-hydrogen) atoms. The van der Waals surface area contributed by atoms with Gasteiger partial charge in [0.2, 0.25) is 0 Å². The van der Waals surface area contributed by atoms with Crippen LogP contribution in [-0.4, -0.2) is 19.3 Å². The molecule has 1 nitrogen and oxygen atoms in total. The van der Waals surface area contributed by atoms with Crippen molar-refractivity contribution in [2.75, 3.05) is 19.3 Å². The Morgan fingerprint density at radius 3 is 2.69 bits per heavy atom. The average molecular weight is 193 g/mol. The Bertz CT molecular complexity index is 296. The number of fused-ring (bicyclic) bond motifs is 1. The van der Waals surface area contributed by atoms with Crippen LogP contribution in [0, 0.1) is 0 Å². The minimum absolute atomic E-state index is 1.13. The molecule has 0 unspecified atom stereocenters. The predicted molar refractivity (Wildman–Crippen MR) is 58.5 cm³/mol. The lowest BCUT2D eigenvalue weighted by Gasteiger charge is -2.06. The summed E-state index contributed by atoms with van der Waals surface area (Å²) in [4.78, 5) is 1.39. The maximum Gasteiger partial charge on any atom is 0.00720 e. The van der Waals surface area contributed by atoms with E-state index in [-0.39, 0.29) is 0 Å². The van der Waals surface area contributed by atoms with Crippen molar-refractivity contribution in [1.29, 1.82) is 0 Å². The van der Waals surface area contributed by atoms with Gasteiger partial charge in [0.15, 0.2) is 0 Å². The smallest absolute Gasteiger partial charge is 0.00720 e. The Kier molecular flexibility index (Phi) is 2.91. The van der Waals surface area contributed by atoms with E-state index in [1.54, 1.807) is 0 Å². The summed E-state index contributed by atoms with van der Waals surface area (Å²) in [6, 6.07) is 6.86. The highest BCUT2D eigenvalue weighted by Crippen LogP contribution is 2.21. The Morgan fingerprint density at radius 2 is 1.92 bits per heavy atom. The van der Waals surface area contributed by atoms with E-state index in [1.807, 2.05) is 11.8 Å². The highest BCUT2D eigenvalue weighted by Gasteiger charge is 2.06. The molecule has 0 spiro atoms. The van der Waals surface area contributed by atoms with Crippen LogP contribution >= 0.6 is 11.8 Å². The summed E-state index contributed by atoms with van der Waals surface area (Å²) in [5, 5.41) is 3.42. The number of hydrogen-bond donors (Lipinski definition) is 1. The molecule has 1 aliphatic heterocycles. The van der Waals surface area contributed by atoms with E-state index in [9.17, 15) is 0 Å². The second kappa shape index (κ2) is 4.16. The van der Waals surface area contributed by atoms with Crippen LogP contribution in [0.25, 0.3) is 0 Å². The van der Waals surface area contributed by atoms with Gasteiger partial charge in [-0.25, -0.2) is 0 Å². The van der Waals surface area contributed by atoms with Crippen LogP contribution < -0.4 is 5.32 Å². The van der Waals surface area contributed by atoms with Crippen LogP contribution in [-0.2, 0) is 12.8 Å². The maximum atomic E-state index is 3.42. The summed E-state index contributed by atoms with van der Waals surface area (Å²) in [6.45, 7) is 2.26. The van der Waals surface area contributed by atoms with Crippen molar-refractivity contribution >= 4 is 11.8 Å². The monoisotopic (exact) mass is 193 g/mol. The molecule has 1 aromatic carbocycles. The summed E-state index contributed by atoms with van der Waals surface area (Å²) in [5.41, 5.74) is 3.07. The molecule has 0 saturated heterocycles. The number of rotatable bonds is 1. The van der Waals surface area contributed by atoms with E-state index in [0.717, 1.165) is 13.1 Å². The SMILES string of the molecule is CSc1ccc2c(c1)CCNCC2. The summed E-state index contributed by atoms with van der Waals surface area (Å²) in [6.07, 6.45) is 4.50. The van der Waals surface area contributed by atoms with Gasteiger partial charge in [-0.3, -0.25) is 0 Å². The largest absolute Gasteiger partial charge is 0.316 e. The first kappa shape index (κ1) is 9.10. The minimum Gasteiger partial charge on any atom is -0.316 e. The fraction of sp³-hybridized carbons (Fsp3) is 0.455. The number of nitrogens with one attached hydrogen (secondary N) is 1. The molecule has 1 heterocycles. The van der Waals surface area contributed by atoms with Gasteiger partial charge in [-0.15, -0.1) is 11.8 Å². The summed E-state index contributed by atoms with van der Waals surface area (Å²) in [5.74, 6) is 0. The van der Waals surface area contributed by atoms with E-state index < -0.39 is 0 Å². The second-order valence-electron chi connectivity index (χ2n) is 3.38. The van der Waals surface area contributed by atoms with E-state index in [1.165, 1.54) is 28.9 Å². The third-order valence-corrected chi connectivity index (χ3v) is 3.28. The molecule has 1 aliphatic rings. The standard InChI is InChI=1S/C11H15NS/c1-13-11-3-2-9-4-6-12-7-5-10(9)8-11/h2-3,8,12H,4-7H2,1H3. The van der Waals surface area contributed by atoms with Crippen molar-refractivity contribution in [2.24, 2.45) is 0 Å². The summed E-state index contributed by atoms with van der Waals surface area (Å²) >= 11 is 1.83. The van der Waals surface area contributed by atoms with Crippen LogP contribution in [0.5, 0.6) is 0 Å². The Labute approximate surface area is 83.9 Å². The lowest BCUT2D eigenvalue weighted by atomic mass is 10.0. The van der Waals surface area contributed by atoms with E-state index in [0.29, 0.717) is 0 Å². The molecule has 70 valence electrons. The van der Waals surface area contributed by atoms with Crippen molar-refractivity contribution in [3.63, 3.8) is 0 Å². The molecule has 0 atom stereocenters. The molecule has 0 radical (unpaired) electrons. The normalized spacial score (nSPS) is 16.4. The summed E-state index contributed by atoms with van der Waals surface area (Å²) in [7, 11) is 0. The van der Waals surface area contributed by atoms with Crippen molar-refractivity contribution in [3.8, 4) is 0 Å². The molecule has 1 N–H and O–H groups in total. The van der Waals surface area contributed by atoms with Gasteiger partial charge in [0, 0.05) is 4.90 Å². The quantitative estimate of drug-likeness (QED) is 0.685. The maximum absolute atomic E-state index is 3.42.